The Hall–Kier alpha value is -4.50. The smallest absolute Gasteiger partial charge is 0.169 e. The van der Waals surface area contributed by atoms with Gasteiger partial charge in [-0.1, -0.05) is 6.08 Å². The third kappa shape index (κ3) is 4.13. The van der Waals surface area contributed by atoms with Crippen LogP contribution in [0.5, 0.6) is 0 Å². The van der Waals surface area contributed by atoms with Gasteiger partial charge in [-0.15, -0.1) is 11.3 Å². The van der Waals surface area contributed by atoms with Crippen LogP contribution in [-0.2, 0) is 0 Å². The number of carbonyl (C=O) groups is 1. The van der Waals surface area contributed by atoms with Gasteiger partial charge < -0.3 is 15.6 Å². The van der Waals surface area contributed by atoms with Crippen LogP contribution in [0.15, 0.2) is 72.2 Å². The lowest BCUT2D eigenvalue weighted by Crippen LogP contribution is -2.10. The van der Waals surface area contributed by atoms with Crippen LogP contribution in [-0.4, -0.2) is 49.9 Å². The first-order valence-corrected chi connectivity index (χ1v) is 12.7. The van der Waals surface area contributed by atoms with E-state index in [0.717, 1.165) is 71.4 Å². The number of aromatic amines is 2. The summed E-state index contributed by atoms with van der Waals surface area (Å²) in [5.41, 5.74) is 14.8. The first kappa shape index (κ1) is 22.9. The molecule has 1 aliphatic rings. The highest BCUT2D eigenvalue weighted by Crippen LogP contribution is 2.35. The minimum absolute atomic E-state index is 0.0536. The second kappa shape index (κ2) is 8.86. The fourth-order valence-corrected chi connectivity index (χ4v) is 5.37. The van der Waals surface area contributed by atoms with E-state index in [4.69, 9.17) is 10.7 Å². The van der Waals surface area contributed by atoms with Crippen LogP contribution in [0.2, 0.25) is 0 Å². The minimum atomic E-state index is 0.0536. The quantitative estimate of drug-likeness (QED) is 0.270. The molecular weight excluding hydrogens is 482 g/mol. The summed E-state index contributed by atoms with van der Waals surface area (Å²) < 4.78 is 0. The summed E-state index contributed by atoms with van der Waals surface area (Å²) in [7, 11) is 4.00. The maximum Gasteiger partial charge on any atom is 0.169 e. The molecule has 0 fully saturated rings. The number of Topliss-reactive ketones (excluding diaryl/α,β-unsaturated/α-hetero) is 1. The van der Waals surface area contributed by atoms with E-state index in [0.29, 0.717) is 6.42 Å². The van der Waals surface area contributed by atoms with Gasteiger partial charge in [0.1, 0.15) is 11.2 Å². The molecule has 9 heteroatoms. The molecule has 0 radical (unpaired) electrons. The van der Waals surface area contributed by atoms with Gasteiger partial charge in [-0.05, 0) is 61.0 Å². The van der Waals surface area contributed by atoms with E-state index in [-0.39, 0.29) is 5.78 Å². The molecule has 0 bridgehead atoms. The maximum atomic E-state index is 11.8. The van der Waals surface area contributed by atoms with Crippen LogP contribution in [0, 0.1) is 0 Å². The molecule has 0 saturated carbocycles. The molecule has 0 spiro atoms. The summed E-state index contributed by atoms with van der Waals surface area (Å²) >= 11 is 1.45. The second-order valence-corrected chi connectivity index (χ2v) is 10.3. The maximum absolute atomic E-state index is 11.8. The van der Waals surface area contributed by atoms with E-state index in [1.54, 1.807) is 13.1 Å². The second-order valence-electron chi connectivity index (χ2n) is 9.24. The zero-order valence-corrected chi connectivity index (χ0v) is 21.5. The van der Waals surface area contributed by atoms with E-state index in [1.165, 1.54) is 11.3 Å². The van der Waals surface area contributed by atoms with E-state index >= 15 is 0 Å². The van der Waals surface area contributed by atoms with Crippen LogP contribution >= 0.6 is 11.3 Å². The molecule has 0 amide bonds. The van der Waals surface area contributed by atoms with Crippen molar-refractivity contribution in [3.63, 3.8) is 0 Å². The molecule has 0 aromatic carbocycles. The Morgan fingerprint density at radius 3 is 2.73 bits per heavy atom. The van der Waals surface area contributed by atoms with Gasteiger partial charge in [-0.3, -0.25) is 14.9 Å². The number of hydrogen-bond donors (Lipinski definition) is 3. The number of fused-ring (bicyclic) bond motifs is 2. The van der Waals surface area contributed by atoms with Gasteiger partial charge in [0.05, 0.1) is 32.4 Å². The molecule has 5 aromatic heterocycles. The van der Waals surface area contributed by atoms with Gasteiger partial charge in [-0.2, -0.15) is 5.10 Å². The fraction of sp³-hybridized carbons (Fsp3) is 0.143. The zero-order valence-electron chi connectivity index (χ0n) is 20.7. The predicted molar refractivity (Wildman–Crippen MR) is 149 cm³/mol. The summed E-state index contributed by atoms with van der Waals surface area (Å²) in [6.07, 6.45) is 8.64. The summed E-state index contributed by atoms with van der Waals surface area (Å²) in [4.78, 5) is 28.6. The van der Waals surface area contributed by atoms with Gasteiger partial charge in [0.15, 0.2) is 5.78 Å². The zero-order chi connectivity index (χ0) is 25.7. The predicted octanol–water partition coefficient (Wildman–Crippen LogP) is 5.51. The van der Waals surface area contributed by atoms with Gasteiger partial charge in [0, 0.05) is 49.0 Å². The van der Waals surface area contributed by atoms with Crippen LogP contribution < -0.4 is 5.73 Å². The molecule has 184 valence electrons. The highest BCUT2D eigenvalue weighted by molar-refractivity contribution is 7.17. The number of thiophene rings is 1. The Labute approximate surface area is 217 Å². The molecule has 0 saturated heterocycles. The average Bonchev–Trinajstić information content (AvgIpc) is 3.60. The number of aromatic nitrogens is 5. The molecule has 8 nitrogen and oxygen atoms in total. The van der Waals surface area contributed by atoms with Crippen molar-refractivity contribution >= 4 is 44.6 Å². The Balaban J connectivity index is 1.44. The minimum Gasteiger partial charge on any atom is -0.402 e. The molecule has 37 heavy (non-hydrogen) atoms. The van der Waals surface area contributed by atoms with Gasteiger partial charge in [0.2, 0.25) is 0 Å². The van der Waals surface area contributed by atoms with Crippen molar-refractivity contribution in [2.24, 2.45) is 5.73 Å². The summed E-state index contributed by atoms with van der Waals surface area (Å²) in [6.45, 7) is 1.58. The molecule has 1 aliphatic carbocycles. The van der Waals surface area contributed by atoms with Crippen LogP contribution in [0.4, 0.5) is 0 Å². The Kier molecular flexibility index (Phi) is 5.49. The number of nitrogens with two attached hydrogens (primary N) is 1. The molecule has 5 heterocycles. The summed E-state index contributed by atoms with van der Waals surface area (Å²) in [6, 6.07) is 11.8. The number of carbonyl (C=O) groups excluding carboxylic acids is 1. The number of H-pyrrole nitrogens is 2. The highest BCUT2D eigenvalue weighted by atomic mass is 32.1. The molecule has 6 rings (SSSR count). The van der Waals surface area contributed by atoms with Crippen molar-refractivity contribution in [2.45, 2.75) is 13.3 Å². The molecule has 5 aromatic rings. The lowest BCUT2D eigenvalue weighted by molar-refractivity contribution is 0.102. The van der Waals surface area contributed by atoms with E-state index in [2.05, 4.69) is 32.3 Å². The van der Waals surface area contributed by atoms with E-state index < -0.39 is 0 Å². The Morgan fingerprint density at radius 2 is 1.95 bits per heavy atom. The number of allylic oxidation sites excluding steroid dienone is 4. The molecule has 0 unspecified atom stereocenters. The van der Waals surface area contributed by atoms with Crippen molar-refractivity contribution in [1.29, 1.82) is 0 Å². The first-order valence-electron chi connectivity index (χ1n) is 11.9. The van der Waals surface area contributed by atoms with Crippen LogP contribution in [0.3, 0.4) is 0 Å². The summed E-state index contributed by atoms with van der Waals surface area (Å²) in [5, 5.41) is 8.67. The van der Waals surface area contributed by atoms with E-state index in [9.17, 15) is 4.79 Å². The van der Waals surface area contributed by atoms with Gasteiger partial charge >= 0.3 is 0 Å². The topological polar surface area (TPSA) is 117 Å². The first-order chi connectivity index (χ1) is 17.9. The standard InChI is InChI=1S/C28H25N7OS/c1-15(36)24-8-9-25(37-24)26-19-14-23(31-21(19)10-11-30-26)28-27-22(33-34-28)7-6-20(32-27)16-4-5-17(29)13-18(12-16)35(2)3/h4,6-14,31H,5,29H2,1-3H3,(H,33,34). The fourth-order valence-electron chi connectivity index (χ4n) is 4.45. The number of likely N-dealkylation sites (N-methyl/N-ethyl adjacent to an activating group) is 1. The van der Waals surface area contributed by atoms with Crippen molar-refractivity contribution < 1.29 is 4.79 Å². The number of hydrogen-bond acceptors (Lipinski definition) is 7. The van der Waals surface area contributed by atoms with Crippen molar-refractivity contribution in [3.05, 3.63) is 82.8 Å². The van der Waals surface area contributed by atoms with Gasteiger partial charge in [0.25, 0.3) is 0 Å². The SMILES string of the molecule is CC(=O)c1ccc(-c2nccc3[nH]c(-c4n[nH]c5ccc(C6=CCC(N)=CC(N(C)C)=C6)nc45)cc23)s1. The number of ketones is 1. The number of nitrogens with zero attached hydrogens (tertiary/aromatic N) is 4. The van der Waals surface area contributed by atoms with E-state index in [1.807, 2.05) is 61.5 Å². The third-order valence-electron chi connectivity index (χ3n) is 6.40. The average molecular weight is 508 g/mol. The monoisotopic (exact) mass is 507 g/mol. The van der Waals surface area contributed by atoms with Crippen molar-refractivity contribution in [1.82, 2.24) is 30.0 Å². The number of rotatable bonds is 5. The largest absolute Gasteiger partial charge is 0.402 e. The van der Waals surface area contributed by atoms with Crippen molar-refractivity contribution in [3.8, 4) is 22.0 Å². The van der Waals surface area contributed by atoms with Crippen molar-refractivity contribution in [2.75, 3.05) is 14.1 Å². The normalized spacial score (nSPS) is 13.9. The molecule has 0 aliphatic heterocycles. The van der Waals surface area contributed by atoms with Crippen LogP contribution in [0.25, 0.3) is 49.5 Å². The number of nitrogens with one attached hydrogen (secondary N) is 2. The molecule has 0 atom stereocenters. The van der Waals surface area contributed by atoms with Crippen LogP contribution in [0.1, 0.15) is 28.7 Å². The lowest BCUT2D eigenvalue weighted by Gasteiger charge is -2.14. The molecule has 4 N–H and O–H groups in total. The lowest BCUT2D eigenvalue weighted by atomic mass is 10.1. The highest BCUT2D eigenvalue weighted by Gasteiger charge is 2.18. The Bertz CT molecular complexity index is 1780. The van der Waals surface area contributed by atoms with Gasteiger partial charge in [-0.25, -0.2) is 4.98 Å². The third-order valence-corrected chi connectivity index (χ3v) is 7.60. The Morgan fingerprint density at radius 1 is 1.08 bits per heavy atom. The number of pyridine rings is 2. The summed E-state index contributed by atoms with van der Waals surface area (Å²) in [5.74, 6) is 0.0536. The molecular formula is C28H25N7OS.